The lowest BCUT2D eigenvalue weighted by Gasteiger charge is -2.21. The smallest absolute Gasteiger partial charge is 0.209 e. The van der Waals surface area contributed by atoms with Crippen LogP contribution in [0.15, 0.2) is 48.5 Å². The van der Waals surface area contributed by atoms with Gasteiger partial charge < -0.3 is 9.80 Å². The van der Waals surface area contributed by atoms with E-state index in [0.29, 0.717) is 0 Å². The maximum Gasteiger partial charge on any atom is 0.209 e. The van der Waals surface area contributed by atoms with Gasteiger partial charge in [0, 0.05) is 39.6 Å². The van der Waals surface area contributed by atoms with Crippen molar-refractivity contribution in [1.82, 2.24) is 4.72 Å². The van der Waals surface area contributed by atoms with Crippen LogP contribution in [-0.2, 0) is 10.0 Å². The van der Waals surface area contributed by atoms with Crippen molar-refractivity contribution in [2.45, 2.75) is 6.04 Å². The fourth-order valence-electron chi connectivity index (χ4n) is 2.47. The van der Waals surface area contributed by atoms with E-state index in [-0.39, 0.29) is 0 Å². The Morgan fingerprint density at radius 3 is 1.33 bits per heavy atom. The summed E-state index contributed by atoms with van der Waals surface area (Å²) in [7, 11) is 4.55. The number of benzene rings is 2. The number of sulfonamides is 1. The first-order valence-corrected chi connectivity index (χ1v) is 9.58. The van der Waals surface area contributed by atoms with Gasteiger partial charge in [-0.1, -0.05) is 24.3 Å². The van der Waals surface area contributed by atoms with Crippen molar-refractivity contribution in [3.8, 4) is 0 Å². The van der Waals surface area contributed by atoms with Crippen LogP contribution in [0.3, 0.4) is 0 Å². The summed E-state index contributed by atoms with van der Waals surface area (Å²) in [5.41, 5.74) is 3.95. The SMILES string of the molecule is CN(C)c1ccc(C(NS(C)(=O)=O)c2ccc(N(C)C)cc2)cc1. The average Bonchev–Trinajstić information content (AvgIpc) is 2.52. The van der Waals surface area contributed by atoms with E-state index >= 15 is 0 Å². The van der Waals surface area contributed by atoms with Crippen LogP contribution in [0.1, 0.15) is 17.2 Å². The van der Waals surface area contributed by atoms with Crippen LogP contribution in [0.25, 0.3) is 0 Å². The fourth-order valence-corrected chi connectivity index (χ4v) is 3.17. The van der Waals surface area contributed by atoms with Crippen LogP contribution in [0.5, 0.6) is 0 Å². The molecule has 0 aliphatic rings. The number of hydrogen-bond acceptors (Lipinski definition) is 4. The summed E-state index contributed by atoms with van der Waals surface area (Å²) in [6.07, 6.45) is 1.18. The zero-order valence-corrected chi connectivity index (χ0v) is 15.6. The third kappa shape index (κ3) is 4.72. The molecule has 0 aliphatic carbocycles. The summed E-state index contributed by atoms with van der Waals surface area (Å²) >= 11 is 0. The summed E-state index contributed by atoms with van der Waals surface area (Å²) in [6.45, 7) is 0. The van der Waals surface area contributed by atoms with Crippen molar-refractivity contribution in [2.24, 2.45) is 0 Å². The van der Waals surface area contributed by atoms with Crippen molar-refractivity contribution in [1.29, 1.82) is 0 Å². The predicted octanol–water partition coefficient (Wildman–Crippen LogP) is 2.46. The quantitative estimate of drug-likeness (QED) is 0.872. The molecule has 2 aromatic carbocycles. The minimum Gasteiger partial charge on any atom is -0.378 e. The standard InChI is InChI=1S/C18H25N3O2S/c1-20(2)16-10-6-14(7-11-16)18(19-24(5,22)23)15-8-12-17(13-9-15)21(3)4/h6-13,18-19H,1-5H3. The van der Waals surface area contributed by atoms with Crippen LogP contribution < -0.4 is 14.5 Å². The van der Waals surface area contributed by atoms with Gasteiger partial charge in [-0.05, 0) is 35.4 Å². The Hall–Kier alpha value is -2.05. The van der Waals surface area contributed by atoms with E-state index in [1.54, 1.807) is 0 Å². The molecule has 0 saturated heterocycles. The zero-order chi connectivity index (χ0) is 17.9. The fraction of sp³-hybridized carbons (Fsp3) is 0.333. The Morgan fingerprint density at radius 1 is 0.750 bits per heavy atom. The molecule has 0 bridgehead atoms. The van der Waals surface area contributed by atoms with E-state index in [2.05, 4.69) is 4.72 Å². The average molecular weight is 347 g/mol. The Balaban J connectivity index is 2.40. The molecule has 0 amide bonds. The van der Waals surface area contributed by atoms with Crippen LogP contribution in [0, 0.1) is 0 Å². The van der Waals surface area contributed by atoms with Crippen LogP contribution >= 0.6 is 0 Å². The second-order valence-corrected chi connectivity index (χ2v) is 8.07. The van der Waals surface area contributed by atoms with Crippen molar-refractivity contribution >= 4 is 21.4 Å². The maximum atomic E-state index is 11.8. The highest BCUT2D eigenvalue weighted by Gasteiger charge is 2.18. The van der Waals surface area contributed by atoms with Crippen LogP contribution in [0.4, 0.5) is 11.4 Å². The van der Waals surface area contributed by atoms with Gasteiger partial charge in [0.05, 0.1) is 12.3 Å². The molecule has 0 heterocycles. The highest BCUT2D eigenvalue weighted by molar-refractivity contribution is 7.88. The first-order valence-electron chi connectivity index (χ1n) is 7.69. The first kappa shape index (κ1) is 18.3. The van der Waals surface area contributed by atoms with Crippen LogP contribution in [-0.4, -0.2) is 42.9 Å². The van der Waals surface area contributed by atoms with Gasteiger partial charge in [0.15, 0.2) is 0 Å². The van der Waals surface area contributed by atoms with E-state index in [1.807, 2.05) is 86.5 Å². The number of nitrogens with zero attached hydrogens (tertiary/aromatic N) is 2. The zero-order valence-electron chi connectivity index (χ0n) is 14.8. The maximum absolute atomic E-state index is 11.8. The normalized spacial score (nSPS) is 11.6. The molecule has 0 fully saturated rings. The van der Waals surface area contributed by atoms with Gasteiger partial charge in [-0.25, -0.2) is 13.1 Å². The van der Waals surface area contributed by atoms with E-state index in [9.17, 15) is 8.42 Å². The van der Waals surface area contributed by atoms with Crippen LogP contribution in [0.2, 0.25) is 0 Å². The summed E-state index contributed by atoms with van der Waals surface area (Å²) in [4.78, 5) is 4.02. The van der Waals surface area contributed by atoms with Gasteiger partial charge in [0.25, 0.3) is 0 Å². The number of nitrogens with one attached hydrogen (secondary N) is 1. The highest BCUT2D eigenvalue weighted by atomic mass is 32.2. The molecular weight excluding hydrogens is 322 g/mol. The molecule has 130 valence electrons. The molecule has 0 atom stereocenters. The molecular formula is C18H25N3O2S. The summed E-state index contributed by atoms with van der Waals surface area (Å²) in [5, 5.41) is 0. The lowest BCUT2D eigenvalue weighted by atomic mass is 9.99. The van der Waals surface area contributed by atoms with Gasteiger partial charge in [0.2, 0.25) is 10.0 Å². The van der Waals surface area contributed by atoms with E-state index in [4.69, 9.17) is 0 Å². The van der Waals surface area contributed by atoms with E-state index in [0.717, 1.165) is 22.5 Å². The van der Waals surface area contributed by atoms with Crippen molar-refractivity contribution < 1.29 is 8.42 Å². The largest absolute Gasteiger partial charge is 0.378 e. The Labute approximate surface area is 145 Å². The van der Waals surface area contributed by atoms with E-state index < -0.39 is 16.1 Å². The summed E-state index contributed by atoms with van der Waals surface area (Å²) in [5.74, 6) is 0. The first-order chi connectivity index (χ1) is 11.2. The number of hydrogen-bond donors (Lipinski definition) is 1. The van der Waals surface area contributed by atoms with Crippen molar-refractivity contribution in [3.05, 3.63) is 59.7 Å². The minimum atomic E-state index is -3.34. The third-order valence-electron chi connectivity index (χ3n) is 3.82. The van der Waals surface area contributed by atoms with Gasteiger partial charge >= 0.3 is 0 Å². The lowest BCUT2D eigenvalue weighted by molar-refractivity contribution is 0.578. The minimum absolute atomic E-state index is 0.410. The summed E-state index contributed by atoms with van der Waals surface area (Å²) in [6, 6.07) is 15.4. The third-order valence-corrected chi connectivity index (χ3v) is 4.48. The monoisotopic (exact) mass is 347 g/mol. The van der Waals surface area contributed by atoms with Gasteiger partial charge in [-0.3, -0.25) is 0 Å². The van der Waals surface area contributed by atoms with Crippen molar-refractivity contribution in [2.75, 3.05) is 44.2 Å². The second-order valence-electron chi connectivity index (χ2n) is 6.29. The van der Waals surface area contributed by atoms with Gasteiger partial charge in [-0.15, -0.1) is 0 Å². The van der Waals surface area contributed by atoms with Gasteiger partial charge in [-0.2, -0.15) is 0 Å². The molecule has 24 heavy (non-hydrogen) atoms. The topological polar surface area (TPSA) is 52.7 Å². The molecule has 2 aromatic rings. The Morgan fingerprint density at radius 2 is 1.08 bits per heavy atom. The molecule has 0 aliphatic heterocycles. The second kappa shape index (κ2) is 7.23. The van der Waals surface area contributed by atoms with Gasteiger partial charge in [0.1, 0.15) is 0 Å². The Kier molecular flexibility index (Phi) is 5.51. The number of rotatable bonds is 6. The molecule has 5 nitrogen and oxygen atoms in total. The Bertz CT molecular complexity index is 715. The highest BCUT2D eigenvalue weighted by Crippen LogP contribution is 2.26. The van der Waals surface area contributed by atoms with E-state index in [1.165, 1.54) is 6.26 Å². The molecule has 6 heteroatoms. The number of anilines is 2. The molecule has 2 rings (SSSR count). The molecule has 0 spiro atoms. The van der Waals surface area contributed by atoms with Crippen molar-refractivity contribution in [3.63, 3.8) is 0 Å². The lowest BCUT2D eigenvalue weighted by Crippen LogP contribution is -2.28. The molecule has 0 unspecified atom stereocenters. The predicted molar refractivity (Wildman–Crippen MR) is 101 cm³/mol. The summed E-state index contributed by atoms with van der Waals surface area (Å²) < 4.78 is 26.4. The molecule has 1 N–H and O–H groups in total. The molecule has 0 saturated carbocycles. The molecule has 0 aromatic heterocycles. The molecule has 0 radical (unpaired) electrons.